The number of likely N-dealkylation sites (tertiary alicyclic amines) is 2. The maximum Gasteiger partial charge on any atom is 0.246 e. The van der Waals surface area contributed by atoms with E-state index in [1.807, 2.05) is 54.6 Å². The van der Waals surface area contributed by atoms with Gasteiger partial charge in [-0.2, -0.15) is 0 Å². The molecule has 6 rings (SSSR count). The van der Waals surface area contributed by atoms with Gasteiger partial charge in [-0.05, 0) is 61.8 Å². The normalized spacial score (nSPS) is 22.1. The van der Waals surface area contributed by atoms with E-state index in [0.717, 1.165) is 42.5 Å². The zero-order valence-corrected chi connectivity index (χ0v) is 25.5. The number of carbonyl (C=O) groups is 3. The van der Waals surface area contributed by atoms with Crippen LogP contribution in [0.5, 0.6) is 0 Å². The van der Waals surface area contributed by atoms with Crippen LogP contribution in [0.15, 0.2) is 91.0 Å². The first kappa shape index (κ1) is 30.1. The number of hydrogen-bond acceptors (Lipinski definition) is 4. The Morgan fingerprint density at radius 2 is 1.23 bits per heavy atom. The van der Waals surface area contributed by atoms with Crippen LogP contribution in [0, 0.1) is 0 Å². The summed E-state index contributed by atoms with van der Waals surface area (Å²) in [6.07, 6.45) is 6.46. The van der Waals surface area contributed by atoms with Gasteiger partial charge in [-0.15, -0.1) is 0 Å². The van der Waals surface area contributed by atoms with Crippen LogP contribution >= 0.6 is 0 Å². The quantitative estimate of drug-likeness (QED) is 0.355. The molecule has 0 aliphatic carbocycles. The van der Waals surface area contributed by atoms with Crippen LogP contribution in [0.25, 0.3) is 0 Å². The van der Waals surface area contributed by atoms with E-state index in [2.05, 4.69) is 47.0 Å². The van der Waals surface area contributed by atoms with Crippen molar-refractivity contribution in [3.63, 3.8) is 0 Å². The predicted octanol–water partition coefficient (Wildman–Crippen LogP) is 4.65. The maximum atomic E-state index is 14.5. The smallest absolute Gasteiger partial charge is 0.246 e. The molecule has 3 saturated heterocycles. The first-order chi connectivity index (χ1) is 21.6. The number of amides is 3. The van der Waals surface area contributed by atoms with E-state index in [-0.39, 0.29) is 24.1 Å². The summed E-state index contributed by atoms with van der Waals surface area (Å²) in [5.74, 6) is -0.203. The fourth-order valence-corrected chi connectivity index (χ4v) is 7.56. The highest BCUT2D eigenvalue weighted by Gasteiger charge is 2.45. The number of carbonyl (C=O) groups excluding carboxylic acids is 3. The van der Waals surface area contributed by atoms with Gasteiger partial charge in [0.15, 0.2) is 0 Å². The molecule has 1 unspecified atom stereocenters. The third-order valence-electron chi connectivity index (χ3n) is 9.85. The molecule has 0 spiro atoms. The molecule has 3 fully saturated rings. The minimum absolute atomic E-state index is 0.0408. The zero-order chi connectivity index (χ0) is 30.4. The molecule has 3 aromatic rings. The molecule has 3 atom stereocenters. The van der Waals surface area contributed by atoms with Crippen molar-refractivity contribution in [3.8, 4) is 0 Å². The molecule has 3 aromatic carbocycles. The highest BCUT2D eigenvalue weighted by molar-refractivity contribution is 5.93. The minimum atomic E-state index is -0.722. The van der Waals surface area contributed by atoms with E-state index < -0.39 is 17.5 Å². The highest BCUT2D eigenvalue weighted by atomic mass is 16.2. The van der Waals surface area contributed by atoms with Gasteiger partial charge in [-0.3, -0.25) is 14.4 Å². The summed E-state index contributed by atoms with van der Waals surface area (Å²) < 4.78 is 0. The van der Waals surface area contributed by atoms with Crippen LogP contribution in [0.3, 0.4) is 0 Å². The van der Waals surface area contributed by atoms with E-state index in [4.69, 9.17) is 0 Å². The maximum absolute atomic E-state index is 14.5. The van der Waals surface area contributed by atoms with Crippen molar-refractivity contribution in [2.45, 2.75) is 74.9 Å². The van der Waals surface area contributed by atoms with Crippen LogP contribution in [-0.4, -0.2) is 71.8 Å². The van der Waals surface area contributed by atoms with Gasteiger partial charge in [-0.25, -0.2) is 0 Å². The van der Waals surface area contributed by atoms with Crippen molar-refractivity contribution in [3.05, 3.63) is 108 Å². The zero-order valence-electron chi connectivity index (χ0n) is 25.5. The molecule has 230 valence electrons. The summed E-state index contributed by atoms with van der Waals surface area (Å²) in [6, 6.07) is 29.9. The monoisotopic (exact) mass is 592 g/mol. The van der Waals surface area contributed by atoms with Gasteiger partial charge in [0.1, 0.15) is 12.1 Å². The fraction of sp³-hybridized carbons (Fsp3) is 0.432. The molecule has 3 aliphatic rings. The topological polar surface area (TPSA) is 81.8 Å². The molecule has 3 amide bonds. The molecule has 0 radical (unpaired) electrons. The average molecular weight is 593 g/mol. The lowest BCUT2D eigenvalue weighted by molar-refractivity contribution is -0.146. The molecular weight excluding hydrogens is 548 g/mol. The largest absolute Gasteiger partial charge is 0.353 e. The average Bonchev–Trinajstić information content (AvgIpc) is 3.79. The van der Waals surface area contributed by atoms with E-state index in [1.165, 1.54) is 12.8 Å². The lowest BCUT2D eigenvalue weighted by Gasteiger charge is -2.38. The second-order valence-electron chi connectivity index (χ2n) is 12.5. The Morgan fingerprint density at radius 3 is 1.77 bits per heavy atom. The second kappa shape index (κ2) is 13.8. The van der Waals surface area contributed by atoms with E-state index >= 15 is 0 Å². The third-order valence-corrected chi connectivity index (χ3v) is 9.85. The number of rotatable bonds is 9. The summed E-state index contributed by atoms with van der Waals surface area (Å²) >= 11 is 0. The van der Waals surface area contributed by atoms with Gasteiger partial charge in [0, 0.05) is 32.1 Å². The van der Waals surface area contributed by atoms with Crippen LogP contribution in [0.1, 0.15) is 68.1 Å². The number of nitrogens with one attached hydrogen (secondary N) is 2. The molecule has 3 aliphatic heterocycles. The van der Waals surface area contributed by atoms with Crippen LogP contribution < -0.4 is 10.6 Å². The standard InChI is InChI=1S/C37H44N4O3/c42-34(26-37(28-14-4-1-5-15-28,29-16-6-2-7-17-29)30-18-8-3-9-19-30)40-24-13-22-33(40)36(44)41-25-12-21-32(41)35(43)39-27-31-20-10-11-23-38-31/h1-9,14-19,31-33,38H,10-13,20-27H2,(H,39,43)/t31?,32-,33+/m1/s1. The van der Waals surface area contributed by atoms with Crippen molar-refractivity contribution in [2.75, 3.05) is 26.2 Å². The highest BCUT2D eigenvalue weighted by Crippen LogP contribution is 2.43. The van der Waals surface area contributed by atoms with Crippen molar-refractivity contribution in [1.29, 1.82) is 0 Å². The van der Waals surface area contributed by atoms with Gasteiger partial charge in [0.05, 0.1) is 5.41 Å². The molecule has 0 saturated carbocycles. The lowest BCUT2D eigenvalue weighted by atomic mass is 9.67. The summed E-state index contributed by atoms with van der Waals surface area (Å²) in [7, 11) is 0. The summed E-state index contributed by atoms with van der Waals surface area (Å²) in [4.78, 5) is 45.4. The van der Waals surface area contributed by atoms with Crippen molar-refractivity contribution >= 4 is 17.7 Å². The molecule has 44 heavy (non-hydrogen) atoms. The Balaban J connectivity index is 1.24. The molecule has 3 heterocycles. The Labute approximate surface area is 261 Å². The van der Waals surface area contributed by atoms with E-state index in [0.29, 0.717) is 38.5 Å². The van der Waals surface area contributed by atoms with Gasteiger partial charge < -0.3 is 20.4 Å². The molecule has 7 nitrogen and oxygen atoms in total. The SMILES string of the molecule is O=C(NCC1CCCCN1)[C@H]1CCCN1C(=O)[C@@H]1CCCN1C(=O)CC(c1ccccc1)(c1ccccc1)c1ccccc1. The first-order valence-corrected chi connectivity index (χ1v) is 16.4. The van der Waals surface area contributed by atoms with Gasteiger partial charge in [0.25, 0.3) is 0 Å². The number of hydrogen-bond donors (Lipinski definition) is 2. The molecule has 2 N–H and O–H groups in total. The van der Waals surface area contributed by atoms with Crippen molar-refractivity contribution in [1.82, 2.24) is 20.4 Å². The van der Waals surface area contributed by atoms with Gasteiger partial charge in [-0.1, -0.05) is 97.4 Å². The summed E-state index contributed by atoms with van der Waals surface area (Å²) in [5, 5.41) is 6.59. The number of piperidine rings is 1. The summed E-state index contributed by atoms with van der Waals surface area (Å²) in [5.41, 5.74) is 2.39. The molecule has 7 heteroatoms. The lowest BCUT2D eigenvalue weighted by Crippen LogP contribution is -2.54. The first-order valence-electron chi connectivity index (χ1n) is 16.4. The Bertz CT molecular complexity index is 1310. The number of benzene rings is 3. The summed E-state index contributed by atoms with van der Waals surface area (Å²) in [6.45, 7) is 2.67. The van der Waals surface area contributed by atoms with E-state index in [1.54, 1.807) is 9.80 Å². The van der Waals surface area contributed by atoms with Crippen LogP contribution in [0.2, 0.25) is 0 Å². The van der Waals surface area contributed by atoms with Gasteiger partial charge in [0.2, 0.25) is 17.7 Å². The molecule has 0 bridgehead atoms. The Morgan fingerprint density at radius 1 is 0.682 bits per heavy atom. The number of nitrogens with zero attached hydrogens (tertiary/aromatic N) is 2. The van der Waals surface area contributed by atoms with Gasteiger partial charge >= 0.3 is 0 Å². The minimum Gasteiger partial charge on any atom is -0.353 e. The second-order valence-corrected chi connectivity index (χ2v) is 12.5. The van der Waals surface area contributed by atoms with Crippen LogP contribution in [-0.2, 0) is 19.8 Å². The van der Waals surface area contributed by atoms with Crippen molar-refractivity contribution in [2.24, 2.45) is 0 Å². The van der Waals surface area contributed by atoms with Crippen molar-refractivity contribution < 1.29 is 14.4 Å². The molecule has 0 aromatic heterocycles. The van der Waals surface area contributed by atoms with E-state index in [9.17, 15) is 14.4 Å². The Hall–Kier alpha value is -3.97. The molecular formula is C37H44N4O3. The fourth-order valence-electron chi connectivity index (χ4n) is 7.56. The predicted molar refractivity (Wildman–Crippen MR) is 172 cm³/mol. The van der Waals surface area contributed by atoms with Crippen LogP contribution in [0.4, 0.5) is 0 Å². The third kappa shape index (κ3) is 6.16. The Kier molecular flexibility index (Phi) is 9.41.